The topological polar surface area (TPSA) is 95.8 Å². The second-order valence-electron chi connectivity index (χ2n) is 7.23. The molecule has 1 aliphatic rings. The van der Waals surface area contributed by atoms with Crippen LogP contribution in [-0.4, -0.2) is 36.9 Å². The number of aliphatic hydroxyl groups is 1. The van der Waals surface area contributed by atoms with E-state index >= 15 is 0 Å². The van der Waals surface area contributed by atoms with E-state index in [2.05, 4.69) is 20.4 Å². The zero-order valence-corrected chi connectivity index (χ0v) is 14.9. The lowest BCUT2D eigenvalue weighted by Crippen LogP contribution is -2.41. The van der Waals surface area contributed by atoms with Gasteiger partial charge in [0.15, 0.2) is 0 Å². The predicted molar refractivity (Wildman–Crippen MR) is 97.4 cm³/mol. The average molecular weight is 353 g/mol. The van der Waals surface area contributed by atoms with Crippen molar-refractivity contribution in [2.75, 3.05) is 0 Å². The number of carbonyl (C=O) groups is 1. The number of aromatic nitrogens is 4. The van der Waals surface area contributed by atoms with Crippen molar-refractivity contribution in [1.82, 2.24) is 25.1 Å². The summed E-state index contributed by atoms with van der Waals surface area (Å²) < 4.78 is 1.73. The van der Waals surface area contributed by atoms with E-state index in [1.54, 1.807) is 10.9 Å². The molecule has 2 aromatic heterocycles. The van der Waals surface area contributed by atoms with Gasteiger partial charge in [0.1, 0.15) is 5.82 Å². The van der Waals surface area contributed by atoms with Gasteiger partial charge in [-0.15, -0.1) is 0 Å². The van der Waals surface area contributed by atoms with Gasteiger partial charge in [-0.2, -0.15) is 5.10 Å². The Labute approximate surface area is 151 Å². The molecule has 7 heteroatoms. The number of aliphatic hydroxyl groups excluding tert-OH is 1. The molecule has 1 aliphatic carbocycles. The van der Waals surface area contributed by atoms with Crippen molar-refractivity contribution < 1.29 is 9.90 Å². The number of amides is 1. The van der Waals surface area contributed by atoms with Gasteiger partial charge >= 0.3 is 0 Å². The highest BCUT2D eigenvalue weighted by molar-refractivity contribution is 5.82. The fourth-order valence-electron chi connectivity index (χ4n) is 3.68. The summed E-state index contributed by atoms with van der Waals surface area (Å²) in [5, 5.41) is 17.0. The summed E-state index contributed by atoms with van der Waals surface area (Å²) in [5.74, 6) is 1.08. The van der Waals surface area contributed by atoms with Gasteiger partial charge in [0.2, 0.25) is 5.91 Å². The first kappa shape index (κ1) is 16.8. The van der Waals surface area contributed by atoms with Crippen LogP contribution in [0.3, 0.4) is 0 Å². The van der Waals surface area contributed by atoms with Crippen molar-refractivity contribution in [1.29, 1.82) is 0 Å². The van der Waals surface area contributed by atoms with Gasteiger partial charge in [-0.25, -0.2) is 4.98 Å². The van der Waals surface area contributed by atoms with Crippen LogP contribution in [0.5, 0.6) is 0 Å². The Bertz CT molecular complexity index is 938. The average Bonchev–Trinajstić information content (AvgIpc) is 3.14. The van der Waals surface area contributed by atoms with E-state index in [4.69, 9.17) is 0 Å². The first-order chi connectivity index (χ1) is 12.5. The Kier molecular flexibility index (Phi) is 4.24. The molecule has 0 bridgehead atoms. The van der Waals surface area contributed by atoms with Crippen molar-refractivity contribution in [3.05, 3.63) is 47.5 Å². The Hall–Kier alpha value is -2.67. The molecule has 1 atom stereocenters. The highest BCUT2D eigenvalue weighted by Crippen LogP contribution is 2.38. The van der Waals surface area contributed by atoms with Crippen LogP contribution in [0.4, 0.5) is 0 Å². The third kappa shape index (κ3) is 3.35. The van der Waals surface area contributed by atoms with Gasteiger partial charge in [0.05, 0.1) is 35.8 Å². The fraction of sp³-hybridized carbons (Fsp3) is 0.421. The maximum atomic E-state index is 12.6. The Morgan fingerprint density at radius 3 is 2.96 bits per heavy atom. The van der Waals surface area contributed by atoms with Gasteiger partial charge in [0.25, 0.3) is 0 Å². The maximum absolute atomic E-state index is 12.6. The summed E-state index contributed by atoms with van der Waals surface area (Å²) >= 11 is 0. The number of benzene rings is 1. The molecule has 0 spiro atoms. The monoisotopic (exact) mass is 353 g/mol. The lowest BCUT2D eigenvalue weighted by molar-refractivity contribution is -0.122. The molecule has 1 aromatic carbocycles. The SMILES string of the molecule is Cc1nc2ccc(CC(=O)NC(c3cnn(C)c3)C3CC(O)C3)cc2[nH]1. The second-order valence-corrected chi connectivity index (χ2v) is 7.23. The van der Waals surface area contributed by atoms with E-state index in [1.165, 1.54) is 0 Å². The van der Waals surface area contributed by atoms with Crippen LogP contribution in [0.25, 0.3) is 11.0 Å². The van der Waals surface area contributed by atoms with Crippen LogP contribution in [0.15, 0.2) is 30.6 Å². The Morgan fingerprint density at radius 1 is 1.46 bits per heavy atom. The van der Waals surface area contributed by atoms with Crippen molar-refractivity contribution in [3.8, 4) is 0 Å². The lowest BCUT2D eigenvalue weighted by atomic mass is 9.75. The van der Waals surface area contributed by atoms with Crippen LogP contribution in [0.1, 0.15) is 35.8 Å². The summed E-state index contributed by atoms with van der Waals surface area (Å²) in [6.07, 6.45) is 5.17. The number of imidazole rings is 1. The molecule has 1 saturated carbocycles. The molecule has 2 heterocycles. The standard InChI is InChI=1S/C19H23N5O2/c1-11-21-16-4-3-12(5-17(16)22-11)6-18(26)23-19(13-7-15(25)8-13)14-9-20-24(2)10-14/h3-5,9-10,13,15,19,25H,6-8H2,1-2H3,(H,21,22)(H,23,26). The molecule has 26 heavy (non-hydrogen) atoms. The van der Waals surface area contributed by atoms with Gasteiger partial charge in [-0.1, -0.05) is 6.07 Å². The summed E-state index contributed by atoms with van der Waals surface area (Å²) in [6.45, 7) is 1.91. The van der Waals surface area contributed by atoms with E-state index in [0.29, 0.717) is 19.3 Å². The summed E-state index contributed by atoms with van der Waals surface area (Å²) in [7, 11) is 1.86. The first-order valence-electron chi connectivity index (χ1n) is 8.89. The molecule has 1 unspecified atom stereocenters. The highest BCUT2D eigenvalue weighted by Gasteiger charge is 2.36. The highest BCUT2D eigenvalue weighted by atomic mass is 16.3. The van der Waals surface area contributed by atoms with Gasteiger partial charge < -0.3 is 15.4 Å². The molecular formula is C19H23N5O2. The van der Waals surface area contributed by atoms with Crippen LogP contribution < -0.4 is 5.32 Å². The van der Waals surface area contributed by atoms with E-state index < -0.39 is 0 Å². The summed E-state index contributed by atoms with van der Waals surface area (Å²) in [6, 6.07) is 5.73. The predicted octanol–water partition coefficient (Wildman–Crippen LogP) is 1.78. The zero-order chi connectivity index (χ0) is 18.3. The van der Waals surface area contributed by atoms with Crippen molar-refractivity contribution in [2.45, 2.75) is 38.3 Å². The molecule has 7 nitrogen and oxygen atoms in total. The number of hydrogen-bond donors (Lipinski definition) is 3. The minimum Gasteiger partial charge on any atom is -0.393 e. The first-order valence-corrected chi connectivity index (χ1v) is 8.89. The molecule has 3 aromatic rings. The number of carbonyl (C=O) groups excluding carboxylic acids is 1. The Balaban J connectivity index is 1.48. The van der Waals surface area contributed by atoms with Crippen LogP contribution in [-0.2, 0) is 18.3 Å². The molecule has 1 amide bonds. The van der Waals surface area contributed by atoms with E-state index in [1.807, 2.05) is 38.4 Å². The van der Waals surface area contributed by atoms with Crippen molar-refractivity contribution >= 4 is 16.9 Å². The quantitative estimate of drug-likeness (QED) is 0.651. The molecule has 136 valence electrons. The second kappa shape index (κ2) is 6.57. The molecule has 4 rings (SSSR count). The molecular weight excluding hydrogens is 330 g/mol. The van der Waals surface area contributed by atoms with Crippen LogP contribution in [0.2, 0.25) is 0 Å². The molecule has 1 fully saturated rings. The number of aromatic amines is 1. The normalized spacial score (nSPS) is 20.7. The van der Waals surface area contributed by atoms with Crippen LogP contribution in [0, 0.1) is 12.8 Å². The van der Waals surface area contributed by atoms with E-state index in [-0.39, 0.29) is 24.0 Å². The van der Waals surface area contributed by atoms with Crippen LogP contribution >= 0.6 is 0 Å². The minimum absolute atomic E-state index is 0.0316. The van der Waals surface area contributed by atoms with Crippen molar-refractivity contribution in [3.63, 3.8) is 0 Å². The third-order valence-corrected chi connectivity index (χ3v) is 5.05. The number of rotatable bonds is 5. The molecule has 0 aliphatic heterocycles. The lowest BCUT2D eigenvalue weighted by Gasteiger charge is -2.37. The molecule has 0 radical (unpaired) electrons. The van der Waals surface area contributed by atoms with Gasteiger partial charge in [-0.3, -0.25) is 9.48 Å². The number of hydrogen-bond acceptors (Lipinski definition) is 4. The van der Waals surface area contributed by atoms with Crippen molar-refractivity contribution in [2.24, 2.45) is 13.0 Å². The number of nitrogens with zero attached hydrogens (tertiary/aromatic N) is 3. The summed E-state index contributed by atoms with van der Waals surface area (Å²) in [5.41, 5.74) is 3.77. The summed E-state index contributed by atoms with van der Waals surface area (Å²) in [4.78, 5) is 20.2. The smallest absolute Gasteiger partial charge is 0.224 e. The van der Waals surface area contributed by atoms with Gasteiger partial charge in [0, 0.05) is 18.8 Å². The Morgan fingerprint density at radius 2 is 2.27 bits per heavy atom. The van der Waals surface area contributed by atoms with Gasteiger partial charge in [-0.05, 0) is 43.4 Å². The van der Waals surface area contributed by atoms with E-state index in [0.717, 1.165) is 28.0 Å². The number of H-pyrrole nitrogens is 1. The number of aryl methyl sites for hydroxylation is 2. The largest absolute Gasteiger partial charge is 0.393 e. The zero-order valence-electron chi connectivity index (χ0n) is 14.9. The molecule has 0 saturated heterocycles. The molecule has 3 N–H and O–H groups in total. The minimum atomic E-state index is -0.262. The number of nitrogens with one attached hydrogen (secondary N) is 2. The number of fused-ring (bicyclic) bond motifs is 1. The van der Waals surface area contributed by atoms with E-state index in [9.17, 15) is 9.90 Å². The maximum Gasteiger partial charge on any atom is 0.224 e. The third-order valence-electron chi connectivity index (χ3n) is 5.05. The fourth-order valence-corrected chi connectivity index (χ4v) is 3.68.